The van der Waals surface area contributed by atoms with Gasteiger partial charge in [-0.05, 0) is 53.9 Å². The zero-order valence-electron chi connectivity index (χ0n) is 16.8. The van der Waals surface area contributed by atoms with Crippen LogP contribution in [-0.4, -0.2) is 24.0 Å². The van der Waals surface area contributed by atoms with E-state index in [1.54, 1.807) is 61.8 Å². The van der Waals surface area contributed by atoms with E-state index >= 15 is 0 Å². The predicted molar refractivity (Wildman–Crippen MR) is 121 cm³/mol. The Hall–Kier alpha value is -4.39. The van der Waals surface area contributed by atoms with Crippen molar-refractivity contribution in [2.45, 2.75) is 0 Å². The Labute approximate surface area is 179 Å². The fraction of sp³-hybridized carbons (Fsp3) is 0.0417. The minimum atomic E-state index is -0.394. The maximum Gasteiger partial charge on any atom is 0.324 e. The molecule has 0 atom stereocenters. The number of amides is 3. The smallest absolute Gasteiger partial charge is 0.324 e. The monoisotopic (exact) mass is 412 g/mol. The van der Waals surface area contributed by atoms with Gasteiger partial charge in [0.25, 0.3) is 5.91 Å². The highest BCUT2D eigenvalue weighted by atomic mass is 16.5. The molecule has 0 fully saturated rings. The molecule has 154 valence electrons. The average Bonchev–Trinajstić information content (AvgIpc) is 2.80. The molecule has 7 nitrogen and oxygen atoms in total. The third-order valence-electron chi connectivity index (χ3n) is 4.54. The first kappa shape index (κ1) is 19.9. The lowest BCUT2D eigenvalue weighted by molar-refractivity contribution is 0.0962. The number of anilines is 2. The van der Waals surface area contributed by atoms with Gasteiger partial charge in [0.2, 0.25) is 0 Å². The highest BCUT2D eigenvalue weighted by Gasteiger charge is 2.07. The second kappa shape index (κ2) is 8.96. The number of nitrogens with one attached hydrogen (secondary N) is 3. The largest absolute Gasteiger partial charge is 0.457 e. The van der Waals surface area contributed by atoms with Gasteiger partial charge in [-0.15, -0.1) is 0 Å². The molecule has 3 aromatic carbocycles. The first-order chi connectivity index (χ1) is 15.1. The molecule has 0 radical (unpaired) electrons. The van der Waals surface area contributed by atoms with Crippen molar-refractivity contribution < 1.29 is 14.3 Å². The molecule has 0 unspecified atom stereocenters. The van der Waals surface area contributed by atoms with E-state index in [2.05, 4.69) is 20.9 Å². The highest BCUT2D eigenvalue weighted by molar-refractivity contribution is 6.00. The molecule has 0 saturated heterocycles. The Morgan fingerprint density at radius 1 is 0.806 bits per heavy atom. The summed E-state index contributed by atoms with van der Waals surface area (Å²) >= 11 is 0. The lowest BCUT2D eigenvalue weighted by Gasteiger charge is -2.10. The quantitative estimate of drug-likeness (QED) is 0.429. The molecule has 1 heterocycles. The molecule has 0 saturated carbocycles. The molecule has 4 rings (SSSR count). The van der Waals surface area contributed by atoms with E-state index < -0.39 is 6.03 Å². The van der Waals surface area contributed by atoms with Crippen LogP contribution in [0.15, 0.2) is 85.1 Å². The fourth-order valence-corrected chi connectivity index (χ4v) is 3.02. The molecular formula is C24H20N4O3. The van der Waals surface area contributed by atoms with Crippen LogP contribution >= 0.6 is 0 Å². The number of nitrogens with zero attached hydrogens (tertiary/aromatic N) is 1. The average molecular weight is 412 g/mol. The Bertz CT molecular complexity index is 1240. The van der Waals surface area contributed by atoms with E-state index in [1.165, 1.54) is 0 Å². The molecule has 0 aliphatic rings. The van der Waals surface area contributed by atoms with Crippen LogP contribution in [0.1, 0.15) is 10.4 Å². The topological polar surface area (TPSA) is 92.4 Å². The number of ether oxygens (including phenoxy) is 1. The van der Waals surface area contributed by atoms with E-state index in [-0.39, 0.29) is 5.91 Å². The molecule has 31 heavy (non-hydrogen) atoms. The van der Waals surface area contributed by atoms with Gasteiger partial charge in [-0.25, -0.2) is 9.78 Å². The Balaban J connectivity index is 1.37. The maximum absolute atomic E-state index is 12.3. The molecule has 0 aliphatic carbocycles. The minimum absolute atomic E-state index is 0.183. The first-order valence-corrected chi connectivity index (χ1v) is 9.63. The third kappa shape index (κ3) is 4.97. The van der Waals surface area contributed by atoms with Crippen LogP contribution in [0.5, 0.6) is 11.5 Å². The molecular weight excluding hydrogens is 392 g/mol. The first-order valence-electron chi connectivity index (χ1n) is 9.63. The van der Waals surface area contributed by atoms with Gasteiger partial charge >= 0.3 is 6.03 Å². The van der Waals surface area contributed by atoms with Gasteiger partial charge in [0, 0.05) is 29.9 Å². The lowest BCUT2D eigenvalue weighted by Crippen LogP contribution is -2.19. The van der Waals surface area contributed by atoms with E-state index in [1.807, 2.05) is 30.3 Å². The summed E-state index contributed by atoms with van der Waals surface area (Å²) in [4.78, 5) is 28.3. The molecule has 0 bridgehead atoms. The summed E-state index contributed by atoms with van der Waals surface area (Å²) in [5.41, 5.74) is 1.11. The molecule has 1 aromatic heterocycles. The van der Waals surface area contributed by atoms with Gasteiger partial charge in [0.05, 0.1) is 0 Å². The summed E-state index contributed by atoms with van der Waals surface area (Å²) in [6.07, 6.45) is 1.72. The number of rotatable bonds is 5. The summed E-state index contributed by atoms with van der Waals surface area (Å²) < 4.78 is 5.79. The number of carbonyl (C=O) groups is 2. The van der Waals surface area contributed by atoms with Crippen molar-refractivity contribution in [1.29, 1.82) is 0 Å². The molecule has 4 aromatic rings. The Kier molecular flexibility index (Phi) is 5.75. The Morgan fingerprint density at radius 2 is 1.58 bits per heavy atom. The second-order valence-electron chi connectivity index (χ2n) is 6.73. The second-order valence-corrected chi connectivity index (χ2v) is 6.73. The summed E-state index contributed by atoms with van der Waals surface area (Å²) in [6.45, 7) is 0. The molecule has 0 spiro atoms. The van der Waals surface area contributed by atoms with Crippen molar-refractivity contribution in [2.24, 2.45) is 0 Å². The highest BCUT2D eigenvalue weighted by Crippen LogP contribution is 2.24. The lowest BCUT2D eigenvalue weighted by atomic mass is 10.2. The van der Waals surface area contributed by atoms with Gasteiger partial charge in [0.1, 0.15) is 17.3 Å². The molecule has 3 N–H and O–H groups in total. The van der Waals surface area contributed by atoms with Gasteiger partial charge < -0.3 is 15.4 Å². The van der Waals surface area contributed by atoms with Gasteiger partial charge in [0.15, 0.2) is 0 Å². The van der Waals surface area contributed by atoms with E-state index in [4.69, 9.17) is 4.74 Å². The maximum atomic E-state index is 12.3. The van der Waals surface area contributed by atoms with Crippen LogP contribution in [0.3, 0.4) is 0 Å². The number of urea groups is 1. The zero-order chi connectivity index (χ0) is 21.6. The van der Waals surface area contributed by atoms with Crippen LogP contribution < -0.4 is 20.7 Å². The number of aromatic nitrogens is 1. The molecule has 3 amide bonds. The molecule has 7 heteroatoms. The summed E-state index contributed by atoms with van der Waals surface area (Å²) in [5, 5.41) is 10.1. The third-order valence-corrected chi connectivity index (χ3v) is 4.54. The molecule has 0 aliphatic heterocycles. The van der Waals surface area contributed by atoms with E-state index in [0.29, 0.717) is 28.6 Å². The predicted octanol–water partition coefficient (Wildman–Crippen LogP) is 5.03. The number of pyridine rings is 1. The number of benzene rings is 3. The van der Waals surface area contributed by atoms with Gasteiger partial charge in [-0.3, -0.25) is 10.1 Å². The van der Waals surface area contributed by atoms with Crippen LogP contribution in [0, 0.1) is 0 Å². The van der Waals surface area contributed by atoms with Crippen molar-refractivity contribution in [3.63, 3.8) is 0 Å². The van der Waals surface area contributed by atoms with Crippen molar-refractivity contribution in [2.75, 3.05) is 17.7 Å². The Morgan fingerprint density at radius 3 is 2.35 bits per heavy atom. The summed E-state index contributed by atoms with van der Waals surface area (Å²) in [5.74, 6) is 1.40. The van der Waals surface area contributed by atoms with Crippen molar-refractivity contribution in [1.82, 2.24) is 10.3 Å². The van der Waals surface area contributed by atoms with Gasteiger partial charge in [-0.1, -0.05) is 30.3 Å². The number of carbonyl (C=O) groups excluding carboxylic acids is 2. The summed E-state index contributed by atoms with van der Waals surface area (Å²) in [7, 11) is 1.58. The number of hydrogen-bond acceptors (Lipinski definition) is 4. The van der Waals surface area contributed by atoms with E-state index in [9.17, 15) is 9.59 Å². The van der Waals surface area contributed by atoms with Crippen LogP contribution in [0.2, 0.25) is 0 Å². The van der Waals surface area contributed by atoms with Crippen LogP contribution in [0.25, 0.3) is 10.8 Å². The van der Waals surface area contributed by atoms with Crippen LogP contribution in [-0.2, 0) is 0 Å². The van der Waals surface area contributed by atoms with Crippen molar-refractivity contribution >= 4 is 34.2 Å². The number of hydrogen-bond donors (Lipinski definition) is 3. The normalized spacial score (nSPS) is 10.4. The van der Waals surface area contributed by atoms with Crippen molar-refractivity contribution in [3.05, 3.63) is 90.6 Å². The zero-order valence-corrected chi connectivity index (χ0v) is 16.8. The number of fused-ring (bicyclic) bond motifs is 1. The van der Waals surface area contributed by atoms with Crippen LogP contribution in [0.4, 0.5) is 16.3 Å². The standard InChI is InChI=1S/C24H20N4O3/c1-25-23(29)17-7-4-8-21(13-17)31-20-11-9-19(10-12-20)27-24(30)28-22-14-16-5-2-3-6-18(16)15-26-22/h2-15H,1H3,(H,25,29)(H2,26,27,28,30). The van der Waals surface area contributed by atoms with Gasteiger partial charge in [-0.2, -0.15) is 0 Å². The van der Waals surface area contributed by atoms with Crippen molar-refractivity contribution in [3.8, 4) is 11.5 Å². The summed E-state index contributed by atoms with van der Waals surface area (Å²) in [6, 6.07) is 23.0. The fourth-order valence-electron chi connectivity index (χ4n) is 3.02. The SMILES string of the molecule is CNC(=O)c1cccc(Oc2ccc(NC(=O)Nc3cc4ccccc4cn3)cc2)c1. The minimum Gasteiger partial charge on any atom is -0.457 e. The van der Waals surface area contributed by atoms with E-state index in [0.717, 1.165) is 10.8 Å².